The van der Waals surface area contributed by atoms with E-state index in [9.17, 15) is 19.6 Å². The summed E-state index contributed by atoms with van der Waals surface area (Å²) in [6.45, 7) is 5.77. The normalized spacial score (nSPS) is 15.1. The first-order chi connectivity index (χ1) is 14.7. The SMILES string of the molecule is CC(C)(C)c1cc2n(n1)-c1nc(C#N)ccc1C(O)N2CC(=O)Nc1ccc(F)cn1. The number of aliphatic hydroxyl groups is 1. The molecular formula is C21H20FN7O2. The summed E-state index contributed by atoms with van der Waals surface area (Å²) in [6, 6.07) is 9.42. The molecule has 2 N–H and O–H groups in total. The van der Waals surface area contributed by atoms with E-state index in [-0.39, 0.29) is 23.5 Å². The summed E-state index contributed by atoms with van der Waals surface area (Å²) in [6.07, 6.45) is -0.177. The maximum absolute atomic E-state index is 13.1. The highest BCUT2D eigenvalue weighted by atomic mass is 19.1. The molecule has 158 valence electrons. The van der Waals surface area contributed by atoms with Crippen LogP contribution >= 0.6 is 0 Å². The van der Waals surface area contributed by atoms with Crippen LogP contribution in [0, 0.1) is 17.1 Å². The standard InChI is InChI=1S/C21H20FN7O2/c1-21(2,3)15-8-18-28(11-17(30)26-16-7-4-12(22)10-24-16)20(31)14-6-5-13(9-23)25-19(14)29(18)27-15/h4-8,10,20,31H,11H2,1-3H3,(H,24,26,30). The molecule has 10 heteroatoms. The number of nitriles is 1. The monoisotopic (exact) mass is 421 g/mol. The van der Waals surface area contributed by atoms with Gasteiger partial charge < -0.3 is 15.3 Å². The smallest absolute Gasteiger partial charge is 0.245 e. The minimum Gasteiger partial charge on any atom is -0.369 e. The van der Waals surface area contributed by atoms with E-state index in [1.165, 1.54) is 27.8 Å². The van der Waals surface area contributed by atoms with Crippen molar-refractivity contribution in [3.8, 4) is 11.9 Å². The van der Waals surface area contributed by atoms with Crippen molar-refractivity contribution in [2.45, 2.75) is 32.4 Å². The first-order valence-corrected chi connectivity index (χ1v) is 9.55. The molecule has 1 amide bonds. The summed E-state index contributed by atoms with van der Waals surface area (Å²) in [5.41, 5.74) is 1.05. The van der Waals surface area contributed by atoms with Gasteiger partial charge in [-0.1, -0.05) is 20.8 Å². The van der Waals surface area contributed by atoms with Crippen molar-refractivity contribution >= 4 is 17.5 Å². The van der Waals surface area contributed by atoms with Gasteiger partial charge in [-0.05, 0) is 24.3 Å². The lowest BCUT2D eigenvalue weighted by Crippen LogP contribution is -2.40. The van der Waals surface area contributed by atoms with Crippen LogP contribution in [0.15, 0.2) is 36.5 Å². The number of nitrogens with one attached hydrogen (secondary N) is 1. The van der Waals surface area contributed by atoms with E-state index >= 15 is 0 Å². The average Bonchev–Trinajstić information content (AvgIpc) is 3.18. The molecule has 3 aromatic heterocycles. The van der Waals surface area contributed by atoms with Gasteiger partial charge in [-0.2, -0.15) is 15.0 Å². The van der Waals surface area contributed by atoms with E-state index in [0.717, 1.165) is 11.9 Å². The number of aliphatic hydroxyl groups excluding tert-OH is 1. The predicted molar refractivity (Wildman–Crippen MR) is 110 cm³/mol. The lowest BCUT2D eigenvalue weighted by Gasteiger charge is -2.34. The quantitative estimate of drug-likeness (QED) is 0.666. The van der Waals surface area contributed by atoms with Crippen molar-refractivity contribution in [1.82, 2.24) is 19.7 Å². The largest absolute Gasteiger partial charge is 0.369 e. The summed E-state index contributed by atoms with van der Waals surface area (Å²) in [5, 5.41) is 27.4. The zero-order valence-electron chi connectivity index (χ0n) is 17.2. The van der Waals surface area contributed by atoms with Gasteiger partial charge in [0.05, 0.1) is 11.9 Å². The summed E-state index contributed by atoms with van der Waals surface area (Å²) in [5.74, 6) is 0.0448. The summed E-state index contributed by atoms with van der Waals surface area (Å²) >= 11 is 0. The Bertz CT molecular complexity index is 1190. The number of hydrogen-bond donors (Lipinski definition) is 2. The Balaban J connectivity index is 1.72. The Kier molecular flexibility index (Phi) is 4.91. The molecule has 0 fully saturated rings. The maximum atomic E-state index is 13.1. The number of amides is 1. The molecule has 0 saturated heterocycles. The van der Waals surface area contributed by atoms with Gasteiger partial charge in [0.2, 0.25) is 5.91 Å². The van der Waals surface area contributed by atoms with Gasteiger partial charge in [-0.3, -0.25) is 4.79 Å². The zero-order valence-corrected chi connectivity index (χ0v) is 17.2. The molecule has 1 aliphatic rings. The molecule has 0 bridgehead atoms. The van der Waals surface area contributed by atoms with E-state index in [2.05, 4.69) is 20.4 Å². The fraction of sp³-hybridized carbons (Fsp3) is 0.286. The van der Waals surface area contributed by atoms with Crippen LogP contribution in [0.2, 0.25) is 0 Å². The first kappa shape index (κ1) is 20.4. The second-order valence-corrected chi connectivity index (χ2v) is 8.18. The molecule has 4 heterocycles. The van der Waals surface area contributed by atoms with Crippen molar-refractivity contribution < 1.29 is 14.3 Å². The summed E-state index contributed by atoms with van der Waals surface area (Å²) < 4.78 is 14.6. The molecule has 0 aromatic carbocycles. The third-order valence-corrected chi connectivity index (χ3v) is 4.86. The van der Waals surface area contributed by atoms with Gasteiger partial charge >= 0.3 is 0 Å². The van der Waals surface area contributed by atoms with Crippen LogP contribution in [0.1, 0.15) is 44.0 Å². The van der Waals surface area contributed by atoms with Crippen molar-refractivity contribution in [3.63, 3.8) is 0 Å². The number of hydrogen-bond acceptors (Lipinski definition) is 7. The van der Waals surface area contributed by atoms with E-state index in [1.807, 2.05) is 26.8 Å². The summed E-state index contributed by atoms with van der Waals surface area (Å²) in [4.78, 5) is 22.3. The van der Waals surface area contributed by atoms with E-state index in [1.54, 1.807) is 12.1 Å². The summed E-state index contributed by atoms with van der Waals surface area (Å²) in [7, 11) is 0. The molecule has 1 aliphatic heterocycles. The first-order valence-electron chi connectivity index (χ1n) is 9.55. The van der Waals surface area contributed by atoms with Crippen LogP contribution in [-0.2, 0) is 10.2 Å². The van der Waals surface area contributed by atoms with Gasteiger partial charge in [-0.15, -0.1) is 0 Å². The van der Waals surface area contributed by atoms with Gasteiger partial charge in [0.15, 0.2) is 12.0 Å². The molecule has 0 saturated carbocycles. The molecule has 1 unspecified atom stereocenters. The minimum absolute atomic E-state index is 0.193. The number of halogens is 1. The number of carbonyl (C=O) groups excluding carboxylic acids is 1. The lowest BCUT2D eigenvalue weighted by atomic mass is 9.92. The number of rotatable bonds is 3. The Hall–Kier alpha value is -3.84. The van der Waals surface area contributed by atoms with Crippen molar-refractivity contribution in [2.75, 3.05) is 16.8 Å². The molecule has 1 atom stereocenters. The third kappa shape index (κ3) is 3.83. The Labute approximate surface area is 177 Å². The predicted octanol–water partition coefficient (Wildman–Crippen LogP) is 2.42. The Morgan fingerprint density at radius 3 is 2.74 bits per heavy atom. The molecule has 31 heavy (non-hydrogen) atoms. The highest BCUT2D eigenvalue weighted by Gasteiger charge is 2.35. The second-order valence-electron chi connectivity index (χ2n) is 8.18. The van der Waals surface area contributed by atoms with Gasteiger partial charge in [0.25, 0.3) is 0 Å². The highest BCUT2D eigenvalue weighted by Crippen LogP contribution is 2.38. The number of anilines is 2. The molecule has 0 spiro atoms. The molecule has 4 rings (SSSR count). The van der Waals surface area contributed by atoms with Crippen LogP contribution in [0.5, 0.6) is 0 Å². The van der Waals surface area contributed by atoms with Crippen LogP contribution in [0.4, 0.5) is 16.0 Å². The number of nitrogens with zero attached hydrogens (tertiary/aromatic N) is 6. The van der Waals surface area contributed by atoms with Gasteiger partial charge in [0, 0.05) is 17.0 Å². The zero-order chi connectivity index (χ0) is 22.3. The van der Waals surface area contributed by atoms with Crippen molar-refractivity contribution in [2.24, 2.45) is 0 Å². The van der Waals surface area contributed by atoms with Gasteiger partial charge in [-0.25, -0.2) is 14.4 Å². The molecule has 0 aliphatic carbocycles. The van der Waals surface area contributed by atoms with E-state index < -0.39 is 18.0 Å². The van der Waals surface area contributed by atoms with Crippen LogP contribution in [0.3, 0.4) is 0 Å². The molecule has 0 radical (unpaired) electrons. The maximum Gasteiger partial charge on any atom is 0.245 e. The minimum atomic E-state index is -1.18. The molecule has 3 aromatic rings. The fourth-order valence-electron chi connectivity index (χ4n) is 3.24. The third-order valence-electron chi connectivity index (χ3n) is 4.86. The molecule has 9 nitrogen and oxygen atoms in total. The van der Waals surface area contributed by atoms with Crippen LogP contribution in [0.25, 0.3) is 5.82 Å². The average molecular weight is 421 g/mol. The van der Waals surface area contributed by atoms with Crippen molar-refractivity contribution in [1.29, 1.82) is 5.26 Å². The van der Waals surface area contributed by atoms with Gasteiger partial charge in [0.1, 0.15) is 35.8 Å². The lowest BCUT2D eigenvalue weighted by molar-refractivity contribution is -0.115. The topological polar surface area (TPSA) is 120 Å². The number of carbonyl (C=O) groups is 1. The number of fused-ring (bicyclic) bond motifs is 3. The highest BCUT2D eigenvalue weighted by molar-refractivity contribution is 5.93. The van der Waals surface area contributed by atoms with E-state index in [4.69, 9.17) is 0 Å². The number of pyridine rings is 2. The fourth-order valence-corrected chi connectivity index (χ4v) is 3.24. The van der Waals surface area contributed by atoms with Crippen LogP contribution < -0.4 is 10.2 Å². The number of aromatic nitrogens is 4. The van der Waals surface area contributed by atoms with Crippen molar-refractivity contribution in [3.05, 3.63) is 59.3 Å². The van der Waals surface area contributed by atoms with E-state index in [0.29, 0.717) is 17.2 Å². The Morgan fingerprint density at radius 2 is 2.10 bits per heavy atom. The Morgan fingerprint density at radius 1 is 1.32 bits per heavy atom. The van der Waals surface area contributed by atoms with Crippen LogP contribution in [-0.4, -0.2) is 37.3 Å². The molecular weight excluding hydrogens is 401 g/mol. The second kappa shape index (κ2) is 7.45.